The van der Waals surface area contributed by atoms with Gasteiger partial charge in [0.1, 0.15) is 11.6 Å². The van der Waals surface area contributed by atoms with Crippen molar-refractivity contribution in [2.24, 2.45) is 24.6 Å². The second-order valence-electron chi connectivity index (χ2n) is 10.7. The van der Waals surface area contributed by atoms with Gasteiger partial charge >= 0.3 is 5.97 Å². The Morgan fingerprint density at radius 2 is 1.90 bits per heavy atom. The number of amides is 1. The summed E-state index contributed by atoms with van der Waals surface area (Å²) in [6, 6.07) is 9.59. The van der Waals surface area contributed by atoms with Crippen LogP contribution in [0, 0.1) is 17.7 Å². The van der Waals surface area contributed by atoms with Gasteiger partial charge in [-0.2, -0.15) is 5.10 Å². The number of hydrogen-bond acceptors (Lipinski definition) is 6. The number of fused-ring (bicyclic) bond motifs is 2. The highest BCUT2D eigenvalue weighted by Gasteiger charge is 2.30. The lowest BCUT2D eigenvalue weighted by molar-refractivity contribution is -0.143. The van der Waals surface area contributed by atoms with Gasteiger partial charge in [0.2, 0.25) is 0 Å². The Balaban J connectivity index is 0.000000207. The molecule has 3 heterocycles. The van der Waals surface area contributed by atoms with E-state index in [9.17, 15) is 14.0 Å². The van der Waals surface area contributed by atoms with Gasteiger partial charge in [-0.25, -0.2) is 4.39 Å². The maximum absolute atomic E-state index is 14.5. The predicted octanol–water partition coefficient (Wildman–Crippen LogP) is 4.77. The number of carboxylic acid groups (broad SMARTS) is 1. The molecule has 4 N–H and O–H groups in total. The van der Waals surface area contributed by atoms with Crippen LogP contribution in [0.2, 0.25) is 5.02 Å². The molecule has 0 atom stereocenters. The average molecular weight is 569 g/mol. The SMILES string of the molecule is Cn1ncc2c1Nc1cc(Cl)ccc1N(C(=O)c1ccc(CN)cc1F)C2.O=C(O)C1CCN(CC2CC2)CC1. The quantitative estimate of drug-likeness (QED) is 0.406. The molecule has 1 saturated heterocycles. The summed E-state index contributed by atoms with van der Waals surface area (Å²) in [6.45, 7) is 3.66. The van der Waals surface area contributed by atoms with Gasteiger partial charge in [0.25, 0.3) is 5.91 Å². The molecule has 9 nitrogen and oxygen atoms in total. The first-order valence-electron chi connectivity index (χ1n) is 13.6. The van der Waals surface area contributed by atoms with Crippen LogP contribution >= 0.6 is 11.6 Å². The monoisotopic (exact) mass is 568 g/mol. The normalized spacial score (nSPS) is 17.1. The Morgan fingerprint density at radius 3 is 2.55 bits per heavy atom. The van der Waals surface area contributed by atoms with E-state index in [1.165, 1.54) is 36.4 Å². The fourth-order valence-corrected chi connectivity index (χ4v) is 5.37. The molecule has 3 aromatic rings. The molecule has 1 aromatic heterocycles. The number of carbonyl (C=O) groups is 2. The van der Waals surface area contributed by atoms with Gasteiger partial charge in [-0.05, 0) is 80.6 Å². The number of hydrogen-bond donors (Lipinski definition) is 3. The van der Waals surface area contributed by atoms with Crippen LogP contribution in [0.15, 0.2) is 42.6 Å². The highest BCUT2D eigenvalue weighted by molar-refractivity contribution is 6.31. The topological polar surface area (TPSA) is 117 Å². The van der Waals surface area contributed by atoms with E-state index in [0.717, 1.165) is 43.2 Å². The fourth-order valence-electron chi connectivity index (χ4n) is 5.20. The zero-order valence-electron chi connectivity index (χ0n) is 22.4. The van der Waals surface area contributed by atoms with Crippen LogP contribution in [0.25, 0.3) is 0 Å². The number of nitrogens with one attached hydrogen (secondary N) is 1. The van der Waals surface area contributed by atoms with Gasteiger partial charge in [0.05, 0.1) is 35.6 Å². The number of carboxylic acids is 1. The van der Waals surface area contributed by atoms with Gasteiger partial charge in [-0.15, -0.1) is 0 Å². The van der Waals surface area contributed by atoms with E-state index in [0.29, 0.717) is 22.0 Å². The first-order valence-corrected chi connectivity index (χ1v) is 13.9. The number of nitrogens with zero attached hydrogens (tertiary/aromatic N) is 4. The number of rotatable bonds is 5. The van der Waals surface area contributed by atoms with E-state index in [-0.39, 0.29) is 24.6 Å². The number of halogens is 2. The maximum atomic E-state index is 14.5. The highest BCUT2D eigenvalue weighted by Crippen LogP contribution is 2.38. The van der Waals surface area contributed by atoms with Crippen molar-refractivity contribution in [1.29, 1.82) is 0 Å². The molecule has 3 aliphatic rings. The number of aromatic nitrogens is 2. The van der Waals surface area contributed by atoms with Crippen molar-refractivity contribution in [3.05, 3.63) is 70.1 Å². The van der Waals surface area contributed by atoms with Gasteiger partial charge < -0.3 is 26.0 Å². The second-order valence-corrected chi connectivity index (χ2v) is 11.1. The van der Waals surface area contributed by atoms with Crippen LogP contribution in [0.4, 0.5) is 21.6 Å². The van der Waals surface area contributed by atoms with Gasteiger partial charge in [0.15, 0.2) is 0 Å². The zero-order chi connectivity index (χ0) is 28.4. The average Bonchev–Trinajstić information content (AvgIpc) is 3.72. The lowest BCUT2D eigenvalue weighted by atomic mass is 9.97. The summed E-state index contributed by atoms with van der Waals surface area (Å²) in [4.78, 5) is 27.8. The number of aliphatic carboxylic acids is 1. The van der Waals surface area contributed by atoms with Crippen molar-refractivity contribution >= 4 is 40.7 Å². The molecule has 1 amide bonds. The van der Waals surface area contributed by atoms with Crippen LogP contribution in [-0.4, -0.2) is 51.3 Å². The molecule has 0 bridgehead atoms. The highest BCUT2D eigenvalue weighted by atomic mass is 35.5. The number of piperidine rings is 1. The Kier molecular flexibility index (Phi) is 8.39. The predicted molar refractivity (Wildman–Crippen MR) is 152 cm³/mol. The summed E-state index contributed by atoms with van der Waals surface area (Å²) in [5.41, 5.74) is 8.24. The number of carbonyl (C=O) groups excluding carboxylic acids is 1. The second kappa shape index (κ2) is 12.0. The van der Waals surface area contributed by atoms with Crippen LogP contribution in [0.1, 0.15) is 47.2 Å². The Labute approximate surface area is 237 Å². The van der Waals surface area contributed by atoms with Crippen molar-refractivity contribution in [2.75, 3.05) is 29.9 Å². The number of aryl methyl sites for hydroxylation is 1. The molecule has 1 saturated carbocycles. The molecule has 40 heavy (non-hydrogen) atoms. The Bertz CT molecular complexity index is 1400. The molecule has 0 radical (unpaired) electrons. The third-order valence-electron chi connectivity index (χ3n) is 7.74. The minimum Gasteiger partial charge on any atom is -0.481 e. The van der Waals surface area contributed by atoms with Gasteiger partial charge in [0, 0.05) is 30.7 Å². The molecule has 212 valence electrons. The lowest BCUT2D eigenvalue weighted by Gasteiger charge is -2.29. The van der Waals surface area contributed by atoms with Crippen LogP contribution in [0.3, 0.4) is 0 Å². The van der Waals surface area contributed by atoms with E-state index < -0.39 is 17.7 Å². The molecule has 2 aliphatic heterocycles. The minimum atomic E-state index is -0.605. The van der Waals surface area contributed by atoms with E-state index in [1.54, 1.807) is 42.2 Å². The summed E-state index contributed by atoms with van der Waals surface area (Å²) >= 11 is 6.14. The van der Waals surface area contributed by atoms with Crippen LogP contribution in [0.5, 0.6) is 0 Å². The molecule has 1 aliphatic carbocycles. The summed E-state index contributed by atoms with van der Waals surface area (Å²) in [5, 5.41) is 16.8. The first kappa shape index (κ1) is 28.1. The summed E-state index contributed by atoms with van der Waals surface area (Å²) in [5.74, 6) is -0.0316. The minimum absolute atomic E-state index is 0.0135. The van der Waals surface area contributed by atoms with Crippen molar-refractivity contribution in [3.8, 4) is 0 Å². The largest absolute Gasteiger partial charge is 0.481 e. The summed E-state index contributed by atoms with van der Waals surface area (Å²) in [6.07, 6.45) is 6.16. The zero-order valence-corrected chi connectivity index (χ0v) is 23.2. The number of likely N-dealkylation sites (tertiary alicyclic amines) is 1. The molecule has 2 aromatic carbocycles. The molecule has 2 fully saturated rings. The standard InChI is InChI=1S/C19H17ClFN5O.C10H17NO2/c1-25-18-12(9-23-25)10-26(17-5-3-13(20)7-16(17)24-18)19(27)14-4-2-11(8-22)6-15(14)21;12-10(13)9-3-5-11(6-4-9)7-8-1-2-8/h2-7,9,24H,8,10,22H2,1H3;8-9H,1-7H2,(H,12,13). The first-order chi connectivity index (χ1) is 19.2. The van der Waals surface area contributed by atoms with Crippen LogP contribution < -0.4 is 16.0 Å². The molecule has 0 spiro atoms. The molecule has 11 heteroatoms. The molecular weight excluding hydrogens is 535 g/mol. The van der Waals surface area contributed by atoms with Gasteiger partial charge in [-0.1, -0.05) is 17.7 Å². The third-order valence-corrected chi connectivity index (χ3v) is 7.98. The summed E-state index contributed by atoms with van der Waals surface area (Å²) < 4.78 is 16.2. The van der Waals surface area contributed by atoms with Crippen molar-refractivity contribution < 1.29 is 19.1 Å². The number of benzene rings is 2. The molecular formula is C29H34ClFN6O3. The van der Waals surface area contributed by atoms with Crippen LogP contribution in [-0.2, 0) is 24.9 Å². The van der Waals surface area contributed by atoms with E-state index in [4.69, 9.17) is 22.4 Å². The van der Waals surface area contributed by atoms with E-state index in [1.807, 2.05) is 0 Å². The molecule has 0 unspecified atom stereocenters. The van der Waals surface area contributed by atoms with E-state index >= 15 is 0 Å². The number of nitrogens with two attached hydrogens (primary N) is 1. The van der Waals surface area contributed by atoms with E-state index in [2.05, 4.69) is 15.3 Å². The lowest BCUT2D eigenvalue weighted by Crippen LogP contribution is -2.37. The number of anilines is 3. The Morgan fingerprint density at radius 1 is 1.15 bits per heavy atom. The van der Waals surface area contributed by atoms with Crippen molar-refractivity contribution in [1.82, 2.24) is 14.7 Å². The molecule has 6 rings (SSSR count). The Hall–Kier alpha value is -3.47. The fraction of sp³-hybridized carbons (Fsp3) is 0.414. The third kappa shape index (κ3) is 6.29. The van der Waals surface area contributed by atoms with Crippen molar-refractivity contribution in [2.45, 2.75) is 38.8 Å². The smallest absolute Gasteiger partial charge is 0.306 e. The summed E-state index contributed by atoms with van der Waals surface area (Å²) in [7, 11) is 1.80. The van der Waals surface area contributed by atoms with Crippen molar-refractivity contribution in [3.63, 3.8) is 0 Å². The van der Waals surface area contributed by atoms with Gasteiger partial charge in [-0.3, -0.25) is 14.3 Å². The maximum Gasteiger partial charge on any atom is 0.306 e.